The van der Waals surface area contributed by atoms with E-state index in [-0.39, 0.29) is 0 Å². The maximum Gasteiger partial charge on any atom is 0.0255 e. The molecule has 0 aromatic heterocycles. The van der Waals surface area contributed by atoms with Crippen molar-refractivity contribution in [3.05, 3.63) is 71.3 Å². The zero-order valence-electron chi connectivity index (χ0n) is 10.4. The molecule has 18 heavy (non-hydrogen) atoms. The van der Waals surface area contributed by atoms with Gasteiger partial charge in [0.25, 0.3) is 0 Å². The van der Waals surface area contributed by atoms with Gasteiger partial charge < -0.3 is 0 Å². The molecular weight excluding hydrogens is 216 g/mol. The maximum absolute atomic E-state index is 3.04. The van der Waals surface area contributed by atoms with Crippen LogP contribution in [0.1, 0.15) is 23.6 Å². The van der Waals surface area contributed by atoms with Crippen molar-refractivity contribution in [3.63, 3.8) is 0 Å². The number of hydrogen-bond acceptors (Lipinski definition) is 0. The van der Waals surface area contributed by atoms with Gasteiger partial charge in [0.1, 0.15) is 0 Å². The summed E-state index contributed by atoms with van der Waals surface area (Å²) in [4.78, 5) is 0. The fourth-order valence-electron chi connectivity index (χ4n) is 1.55. The van der Waals surface area contributed by atoms with Gasteiger partial charge >= 0.3 is 0 Å². The van der Waals surface area contributed by atoms with Gasteiger partial charge in [-0.05, 0) is 48.1 Å². The lowest BCUT2D eigenvalue weighted by molar-refractivity contribution is 1.14. The molecule has 0 bridgehead atoms. The fourth-order valence-corrected chi connectivity index (χ4v) is 1.55. The predicted molar refractivity (Wildman–Crippen MR) is 76.0 cm³/mol. The first kappa shape index (κ1) is 12.0. The zero-order chi connectivity index (χ0) is 12.6. The molecule has 0 saturated carbocycles. The van der Waals surface area contributed by atoms with E-state index in [2.05, 4.69) is 42.7 Å². The van der Waals surface area contributed by atoms with Crippen LogP contribution in [0.15, 0.2) is 54.6 Å². The van der Waals surface area contributed by atoms with E-state index in [0.29, 0.717) is 0 Å². The first-order valence-corrected chi connectivity index (χ1v) is 6.04. The van der Waals surface area contributed by atoms with Gasteiger partial charge in [0, 0.05) is 11.1 Å². The molecule has 0 saturated heterocycles. The maximum atomic E-state index is 3.04. The molecule has 0 N–H and O–H groups in total. The van der Waals surface area contributed by atoms with Crippen molar-refractivity contribution in [1.29, 1.82) is 0 Å². The van der Waals surface area contributed by atoms with Gasteiger partial charge in [-0.25, -0.2) is 0 Å². The average molecular weight is 230 g/mol. The highest BCUT2D eigenvalue weighted by atomic mass is 13.9. The Hall–Kier alpha value is -2.44. The summed E-state index contributed by atoms with van der Waals surface area (Å²) in [5.74, 6) is 11.8. The van der Waals surface area contributed by atoms with Crippen molar-refractivity contribution in [3.8, 4) is 23.7 Å². The van der Waals surface area contributed by atoms with Crippen LogP contribution in [0.4, 0.5) is 0 Å². The summed E-state index contributed by atoms with van der Waals surface area (Å²) in [6, 6.07) is 18.2. The second-order valence-electron chi connectivity index (χ2n) is 3.92. The van der Waals surface area contributed by atoms with E-state index in [1.807, 2.05) is 42.5 Å². The molecule has 2 aromatic rings. The van der Waals surface area contributed by atoms with Crippen LogP contribution in [0.3, 0.4) is 0 Å². The predicted octanol–water partition coefficient (Wildman–Crippen LogP) is 3.65. The van der Waals surface area contributed by atoms with Gasteiger partial charge in [0.15, 0.2) is 0 Å². The van der Waals surface area contributed by atoms with Crippen LogP contribution in [0.2, 0.25) is 0 Å². The van der Waals surface area contributed by atoms with E-state index in [1.165, 1.54) is 5.56 Å². The Balaban J connectivity index is 2.06. The molecule has 0 aliphatic rings. The lowest BCUT2D eigenvalue weighted by atomic mass is 10.1. The largest absolute Gasteiger partial charge is 0.0622 e. The van der Waals surface area contributed by atoms with Crippen LogP contribution in [0, 0.1) is 23.7 Å². The molecular formula is C18H14. The minimum Gasteiger partial charge on any atom is -0.0622 e. The quantitative estimate of drug-likeness (QED) is 0.656. The molecule has 0 radical (unpaired) electrons. The highest BCUT2D eigenvalue weighted by Crippen LogP contribution is 2.03. The summed E-state index contributed by atoms with van der Waals surface area (Å²) < 4.78 is 0. The molecule has 0 atom stereocenters. The van der Waals surface area contributed by atoms with E-state index in [1.54, 1.807) is 0 Å². The smallest absolute Gasteiger partial charge is 0.0255 e. The zero-order valence-corrected chi connectivity index (χ0v) is 10.4. The van der Waals surface area contributed by atoms with Crippen LogP contribution in [0.5, 0.6) is 0 Å². The summed E-state index contributed by atoms with van der Waals surface area (Å²) in [7, 11) is 0. The van der Waals surface area contributed by atoms with Crippen LogP contribution in [-0.2, 0) is 6.42 Å². The van der Waals surface area contributed by atoms with Crippen molar-refractivity contribution in [2.24, 2.45) is 0 Å². The third-order valence-corrected chi connectivity index (χ3v) is 2.61. The topological polar surface area (TPSA) is 0 Å². The Morgan fingerprint density at radius 3 is 1.83 bits per heavy atom. The van der Waals surface area contributed by atoms with Gasteiger partial charge in [-0.1, -0.05) is 49.1 Å². The van der Waals surface area contributed by atoms with Crippen molar-refractivity contribution >= 4 is 0 Å². The van der Waals surface area contributed by atoms with Crippen molar-refractivity contribution < 1.29 is 0 Å². The molecule has 2 aromatic carbocycles. The third-order valence-electron chi connectivity index (χ3n) is 2.61. The number of benzene rings is 2. The molecule has 2 rings (SSSR count). The number of hydrogen-bond donors (Lipinski definition) is 0. The van der Waals surface area contributed by atoms with Crippen LogP contribution in [-0.4, -0.2) is 0 Å². The first-order chi connectivity index (χ1) is 8.88. The fraction of sp³-hybridized carbons (Fsp3) is 0.111. The summed E-state index contributed by atoms with van der Waals surface area (Å²) >= 11 is 0. The van der Waals surface area contributed by atoms with Gasteiger partial charge in [0.05, 0.1) is 0 Å². The SMILES string of the molecule is CCc1ccc(C#CC#Cc2ccccc2)cc1. The summed E-state index contributed by atoms with van der Waals surface area (Å²) in [5.41, 5.74) is 3.33. The minimum absolute atomic E-state index is 0.994. The average Bonchev–Trinajstić information content (AvgIpc) is 2.45. The van der Waals surface area contributed by atoms with E-state index in [9.17, 15) is 0 Å². The number of rotatable bonds is 1. The van der Waals surface area contributed by atoms with Crippen LogP contribution in [0.25, 0.3) is 0 Å². The Bertz CT molecular complexity index is 611. The molecule has 0 heteroatoms. The second-order valence-corrected chi connectivity index (χ2v) is 3.92. The van der Waals surface area contributed by atoms with Gasteiger partial charge in [-0.3, -0.25) is 0 Å². The standard InChI is InChI=1S/C18H14/c1-2-16-12-14-18(15-13-16)11-7-6-10-17-8-4-3-5-9-17/h3-5,8-9,12-15H,2H2,1H3. The first-order valence-electron chi connectivity index (χ1n) is 6.04. The third kappa shape index (κ3) is 3.55. The Morgan fingerprint density at radius 1 is 0.722 bits per heavy atom. The molecule has 0 fully saturated rings. The van der Waals surface area contributed by atoms with E-state index >= 15 is 0 Å². The molecule has 0 nitrogen and oxygen atoms in total. The summed E-state index contributed by atoms with van der Waals surface area (Å²) in [5, 5.41) is 0. The van der Waals surface area contributed by atoms with Gasteiger partial charge in [-0.15, -0.1) is 0 Å². The van der Waals surface area contributed by atoms with Crippen molar-refractivity contribution in [2.75, 3.05) is 0 Å². The minimum atomic E-state index is 0.994. The van der Waals surface area contributed by atoms with E-state index in [4.69, 9.17) is 0 Å². The molecule has 0 unspecified atom stereocenters. The molecule has 0 spiro atoms. The molecule has 0 amide bonds. The lowest BCUT2D eigenvalue weighted by Gasteiger charge is -1.94. The highest BCUT2D eigenvalue weighted by Gasteiger charge is 1.88. The normalized spacial score (nSPS) is 8.72. The highest BCUT2D eigenvalue weighted by molar-refractivity contribution is 5.44. The van der Waals surface area contributed by atoms with Crippen molar-refractivity contribution in [1.82, 2.24) is 0 Å². The second kappa shape index (κ2) is 6.33. The Morgan fingerprint density at radius 2 is 1.28 bits per heavy atom. The lowest BCUT2D eigenvalue weighted by Crippen LogP contribution is -1.79. The number of aryl methyl sites for hydroxylation is 1. The van der Waals surface area contributed by atoms with E-state index in [0.717, 1.165) is 17.5 Å². The van der Waals surface area contributed by atoms with E-state index < -0.39 is 0 Å². The monoisotopic (exact) mass is 230 g/mol. The molecule has 0 aliphatic heterocycles. The summed E-state index contributed by atoms with van der Waals surface area (Å²) in [6.07, 6.45) is 1.06. The van der Waals surface area contributed by atoms with Gasteiger partial charge in [-0.2, -0.15) is 0 Å². The molecule has 86 valence electrons. The van der Waals surface area contributed by atoms with Gasteiger partial charge in [0.2, 0.25) is 0 Å². The molecule has 0 aliphatic carbocycles. The van der Waals surface area contributed by atoms with Crippen molar-refractivity contribution in [2.45, 2.75) is 13.3 Å². The van der Waals surface area contributed by atoms with Crippen LogP contribution >= 0.6 is 0 Å². The van der Waals surface area contributed by atoms with Crippen LogP contribution < -0.4 is 0 Å². The molecule has 0 heterocycles. The summed E-state index contributed by atoms with van der Waals surface area (Å²) in [6.45, 7) is 2.14. The Labute approximate surface area is 109 Å². The Kier molecular flexibility index (Phi) is 4.23.